The van der Waals surface area contributed by atoms with E-state index in [0.717, 1.165) is 6.42 Å². The van der Waals surface area contributed by atoms with Gasteiger partial charge in [0.15, 0.2) is 5.82 Å². The maximum Gasteiger partial charge on any atom is 0.260 e. The molecule has 1 aliphatic rings. The molecule has 0 radical (unpaired) electrons. The van der Waals surface area contributed by atoms with E-state index in [4.69, 9.17) is 9.05 Å². The van der Waals surface area contributed by atoms with Crippen molar-refractivity contribution < 1.29 is 18.6 Å². The lowest BCUT2D eigenvalue weighted by atomic mass is 9.88. The highest BCUT2D eigenvalue weighted by atomic mass is 16.5. The Morgan fingerprint density at radius 2 is 1.96 bits per heavy atom. The van der Waals surface area contributed by atoms with Crippen molar-refractivity contribution in [3.8, 4) is 0 Å². The molecule has 0 aromatic carbocycles. The highest BCUT2D eigenvalue weighted by molar-refractivity contribution is 6.02. The number of nitrogens with one attached hydrogen (secondary N) is 1. The molecule has 0 saturated carbocycles. The first-order valence-electron chi connectivity index (χ1n) is 8.70. The fraction of sp³-hybridized carbons (Fsp3) is 0.556. The van der Waals surface area contributed by atoms with Crippen molar-refractivity contribution in [1.29, 1.82) is 0 Å². The molecule has 140 valence electrons. The Morgan fingerprint density at radius 1 is 1.23 bits per heavy atom. The quantitative estimate of drug-likeness (QED) is 0.903. The second kappa shape index (κ2) is 6.59. The molecule has 0 spiro atoms. The zero-order valence-electron chi connectivity index (χ0n) is 15.8. The maximum atomic E-state index is 13.2. The van der Waals surface area contributed by atoms with Crippen LogP contribution in [0, 0.1) is 13.8 Å². The summed E-state index contributed by atoms with van der Waals surface area (Å²) in [6.45, 7) is 9.91. The summed E-state index contributed by atoms with van der Waals surface area (Å²) in [5.74, 6) is 0.939. The van der Waals surface area contributed by atoms with Gasteiger partial charge in [-0.1, -0.05) is 31.1 Å². The number of nitrogens with zero attached hydrogens (tertiary/aromatic N) is 3. The van der Waals surface area contributed by atoms with E-state index >= 15 is 0 Å². The molecule has 2 amide bonds. The predicted octanol–water partition coefficient (Wildman–Crippen LogP) is 2.82. The summed E-state index contributed by atoms with van der Waals surface area (Å²) < 4.78 is 10.2. The van der Waals surface area contributed by atoms with Gasteiger partial charge in [-0.2, -0.15) is 0 Å². The Bertz CT molecular complexity index is 831. The van der Waals surface area contributed by atoms with Crippen molar-refractivity contribution in [3.05, 3.63) is 28.8 Å². The van der Waals surface area contributed by atoms with Gasteiger partial charge in [0.05, 0.1) is 0 Å². The molecule has 2 aromatic rings. The first-order valence-corrected chi connectivity index (χ1v) is 8.70. The summed E-state index contributed by atoms with van der Waals surface area (Å²) in [6, 6.07) is 1.09. The third-order valence-corrected chi connectivity index (χ3v) is 4.48. The standard InChI is InChI=1S/C18H24N4O4/c1-10-9-13(20-25-10)19-16(23)12-7-6-8-22(12)17(24)14-11(2)26-21-15(14)18(3,4)5/h9,12H,6-8H2,1-5H3,(H,19,20,23). The SMILES string of the molecule is Cc1cc(NC(=O)C2CCCN2C(=O)c2c(C(C)(C)C)noc2C)no1. The Labute approximate surface area is 151 Å². The summed E-state index contributed by atoms with van der Waals surface area (Å²) >= 11 is 0. The first kappa shape index (κ1) is 18.2. The van der Waals surface area contributed by atoms with E-state index in [1.165, 1.54) is 0 Å². The van der Waals surface area contributed by atoms with Gasteiger partial charge in [0.25, 0.3) is 5.91 Å². The lowest BCUT2D eigenvalue weighted by molar-refractivity contribution is -0.119. The number of amides is 2. The molecule has 0 bridgehead atoms. The lowest BCUT2D eigenvalue weighted by Gasteiger charge is -2.25. The lowest BCUT2D eigenvalue weighted by Crippen LogP contribution is -2.43. The molecule has 3 rings (SSSR count). The van der Waals surface area contributed by atoms with Crippen LogP contribution >= 0.6 is 0 Å². The van der Waals surface area contributed by atoms with E-state index in [2.05, 4.69) is 15.6 Å². The molecule has 3 heterocycles. The van der Waals surface area contributed by atoms with Crippen molar-refractivity contribution in [2.24, 2.45) is 0 Å². The van der Waals surface area contributed by atoms with E-state index in [1.807, 2.05) is 20.8 Å². The van der Waals surface area contributed by atoms with E-state index in [1.54, 1.807) is 24.8 Å². The van der Waals surface area contributed by atoms with Crippen molar-refractivity contribution >= 4 is 17.6 Å². The van der Waals surface area contributed by atoms with Crippen LogP contribution in [0.1, 0.15) is 61.2 Å². The summed E-state index contributed by atoms with van der Waals surface area (Å²) in [5.41, 5.74) is 0.728. The summed E-state index contributed by atoms with van der Waals surface area (Å²) in [6.07, 6.45) is 1.36. The summed E-state index contributed by atoms with van der Waals surface area (Å²) in [4.78, 5) is 27.4. The van der Waals surface area contributed by atoms with Gasteiger partial charge >= 0.3 is 0 Å². The summed E-state index contributed by atoms with van der Waals surface area (Å²) in [7, 11) is 0. The van der Waals surface area contributed by atoms with Crippen LogP contribution in [0.25, 0.3) is 0 Å². The molecular weight excluding hydrogens is 336 g/mol. The van der Waals surface area contributed by atoms with Gasteiger partial charge < -0.3 is 19.3 Å². The largest absolute Gasteiger partial charge is 0.361 e. The van der Waals surface area contributed by atoms with E-state index in [-0.39, 0.29) is 17.2 Å². The average Bonchev–Trinajstić information content (AvgIpc) is 3.25. The Balaban J connectivity index is 1.83. The molecule has 0 aliphatic carbocycles. The van der Waals surface area contributed by atoms with Crippen molar-refractivity contribution in [1.82, 2.24) is 15.2 Å². The number of rotatable bonds is 3. The van der Waals surface area contributed by atoms with Crippen LogP contribution in [0.4, 0.5) is 5.82 Å². The minimum absolute atomic E-state index is 0.220. The number of hydrogen-bond donors (Lipinski definition) is 1. The molecule has 26 heavy (non-hydrogen) atoms. The Hall–Kier alpha value is -2.64. The van der Waals surface area contributed by atoms with Gasteiger partial charge in [-0.15, -0.1) is 0 Å². The first-order chi connectivity index (χ1) is 12.2. The number of hydrogen-bond acceptors (Lipinski definition) is 6. The van der Waals surface area contributed by atoms with Crippen LogP contribution in [0.5, 0.6) is 0 Å². The molecule has 1 atom stereocenters. The van der Waals surface area contributed by atoms with Crippen LogP contribution < -0.4 is 5.32 Å². The van der Waals surface area contributed by atoms with E-state index < -0.39 is 6.04 Å². The normalized spacial score (nSPS) is 17.6. The number of anilines is 1. The van der Waals surface area contributed by atoms with Crippen molar-refractivity contribution in [2.75, 3.05) is 11.9 Å². The molecule has 8 nitrogen and oxygen atoms in total. The zero-order valence-corrected chi connectivity index (χ0v) is 15.8. The van der Waals surface area contributed by atoms with Gasteiger partial charge in [-0.05, 0) is 26.7 Å². The van der Waals surface area contributed by atoms with Crippen LogP contribution in [0.3, 0.4) is 0 Å². The summed E-state index contributed by atoms with van der Waals surface area (Å²) in [5, 5.41) is 10.6. The Kier molecular flexibility index (Phi) is 4.60. The fourth-order valence-electron chi connectivity index (χ4n) is 3.20. The third kappa shape index (κ3) is 3.36. The predicted molar refractivity (Wildman–Crippen MR) is 93.9 cm³/mol. The molecule has 1 unspecified atom stereocenters. The van der Waals surface area contributed by atoms with Crippen LogP contribution in [-0.2, 0) is 10.2 Å². The second-order valence-corrected chi connectivity index (χ2v) is 7.68. The molecule has 1 fully saturated rings. The minimum atomic E-state index is -0.554. The Morgan fingerprint density at radius 3 is 2.58 bits per heavy atom. The van der Waals surface area contributed by atoms with Crippen molar-refractivity contribution in [3.63, 3.8) is 0 Å². The average molecular weight is 360 g/mol. The van der Waals surface area contributed by atoms with E-state index in [0.29, 0.717) is 41.6 Å². The monoisotopic (exact) mass is 360 g/mol. The van der Waals surface area contributed by atoms with Gasteiger partial charge in [0.1, 0.15) is 28.8 Å². The molecule has 8 heteroatoms. The fourth-order valence-corrected chi connectivity index (χ4v) is 3.20. The van der Waals surface area contributed by atoms with E-state index in [9.17, 15) is 9.59 Å². The minimum Gasteiger partial charge on any atom is -0.361 e. The van der Waals surface area contributed by atoms with Gasteiger partial charge in [-0.3, -0.25) is 9.59 Å². The number of carbonyl (C=O) groups is 2. The third-order valence-electron chi connectivity index (χ3n) is 4.48. The maximum absolute atomic E-state index is 13.2. The molecule has 1 saturated heterocycles. The molecule has 2 aromatic heterocycles. The number of aryl methyl sites for hydroxylation is 2. The number of carbonyl (C=O) groups excluding carboxylic acids is 2. The van der Waals surface area contributed by atoms with Gasteiger partial charge in [0, 0.05) is 18.0 Å². The highest BCUT2D eigenvalue weighted by Gasteiger charge is 2.39. The van der Waals surface area contributed by atoms with Crippen LogP contribution in [0.15, 0.2) is 15.1 Å². The van der Waals surface area contributed by atoms with Gasteiger partial charge in [0.2, 0.25) is 5.91 Å². The topological polar surface area (TPSA) is 101 Å². The molecule has 1 aliphatic heterocycles. The highest BCUT2D eigenvalue weighted by Crippen LogP contribution is 2.30. The smallest absolute Gasteiger partial charge is 0.260 e. The second-order valence-electron chi connectivity index (χ2n) is 7.68. The molecular formula is C18H24N4O4. The number of likely N-dealkylation sites (tertiary alicyclic amines) is 1. The zero-order chi connectivity index (χ0) is 19.1. The number of aromatic nitrogens is 2. The molecule has 1 N–H and O–H groups in total. The van der Waals surface area contributed by atoms with Crippen LogP contribution in [-0.4, -0.2) is 39.6 Å². The van der Waals surface area contributed by atoms with Gasteiger partial charge in [-0.25, -0.2) is 0 Å². The van der Waals surface area contributed by atoms with Crippen molar-refractivity contribution in [2.45, 2.75) is 58.9 Å². The van der Waals surface area contributed by atoms with Crippen LogP contribution in [0.2, 0.25) is 0 Å².